The second-order valence-electron chi connectivity index (χ2n) is 8.45. The van der Waals surface area contributed by atoms with Crippen LogP contribution >= 0.6 is 11.3 Å². The summed E-state index contributed by atoms with van der Waals surface area (Å²) < 4.78 is 2.23. The minimum Gasteiger partial charge on any atom is -0.350 e. The van der Waals surface area contributed by atoms with Gasteiger partial charge in [0.1, 0.15) is 0 Å². The molecular weight excluding hydrogens is 404 g/mol. The van der Waals surface area contributed by atoms with Crippen LogP contribution in [-0.2, 0) is 13.6 Å². The van der Waals surface area contributed by atoms with Crippen molar-refractivity contribution in [2.75, 3.05) is 18.4 Å². The fourth-order valence-corrected chi connectivity index (χ4v) is 5.27. The third kappa shape index (κ3) is 4.20. The number of likely N-dealkylation sites (tertiary alicyclic amines) is 1. The van der Waals surface area contributed by atoms with Crippen molar-refractivity contribution in [3.63, 3.8) is 0 Å². The summed E-state index contributed by atoms with van der Waals surface area (Å²) in [4.78, 5) is 17.6. The topological polar surface area (TPSA) is 58.9 Å². The number of piperidine rings is 1. The van der Waals surface area contributed by atoms with Gasteiger partial charge in [-0.1, -0.05) is 18.2 Å². The molecule has 0 aliphatic carbocycles. The zero-order valence-electron chi connectivity index (χ0n) is 18.3. The van der Waals surface area contributed by atoms with Crippen molar-refractivity contribution >= 4 is 33.2 Å². The van der Waals surface area contributed by atoms with E-state index in [0.717, 1.165) is 54.8 Å². The number of para-hydroxylation sites is 1. The van der Waals surface area contributed by atoms with Crippen molar-refractivity contribution in [1.82, 2.24) is 24.4 Å². The minimum absolute atomic E-state index is 0.456. The lowest BCUT2D eigenvalue weighted by molar-refractivity contribution is 0.204. The monoisotopic (exact) mass is 432 g/mol. The lowest BCUT2D eigenvalue weighted by atomic mass is 9.93. The van der Waals surface area contributed by atoms with Crippen LogP contribution in [0.5, 0.6) is 0 Å². The van der Waals surface area contributed by atoms with Crippen LogP contribution in [0.15, 0.2) is 42.9 Å². The predicted octanol–water partition coefficient (Wildman–Crippen LogP) is 5.16. The molecule has 0 atom stereocenters. The van der Waals surface area contributed by atoms with Crippen LogP contribution in [0.2, 0.25) is 0 Å². The van der Waals surface area contributed by atoms with Crippen molar-refractivity contribution < 1.29 is 0 Å². The third-order valence-corrected chi connectivity index (χ3v) is 7.28. The fraction of sp³-hybridized carbons (Fsp3) is 0.375. The number of fused-ring (bicyclic) bond motifs is 1. The minimum atomic E-state index is 0.456. The highest BCUT2D eigenvalue weighted by molar-refractivity contribution is 7.15. The summed E-state index contributed by atoms with van der Waals surface area (Å²) in [6.45, 7) is 7.29. The molecule has 0 bridgehead atoms. The Hall–Kier alpha value is -2.77. The van der Waals surface area contributed by atoms with E-state index in [9.17, 15) is 0 Å². The van der Waals surface area contributed by atoms with Crippen LogP contribution in [0.3, 0.4) is 0 Å². The Morgan fingerprint density at radius 3 is 2.68 bits per heavy atom. The first kappa shape index (κ1) is 20.2. The number of nitrogens with zero attached hydrogens (tertiary/aromatic N) is 5. The molecule has 0 spiro atoms. The van der Waals surface area contributed by atoms with Gasteiger partial charge >= 0.3 is 0 Å². The van der Waals surface area contributed by atoms with Crippen LogP contribution < -0.4 is 5.32 Å². The van der Waals surface area contributed by atoms with Crippen LogP contribution in [-0.4, -0.2) is 37.5 Å². The summed E-state index contributed by atoms with van der Waals surface area (Å²) in [5.74, 6) is 1.24. The second kappa shape index (κ2) is 8.40. The van der Waals surface area contributed by atoms with E-state index in [0.29, 0.717) is 5.92 Å². The summed E-state index contributed by atoms with van der Waals surface area (Å²) in [5, 5.41) is 5.57. The number of thiazole rings is 1. The van der Waals surface area contributed by atoms with Gasteiger partial charge < -0.3 is 9.88 Å². The number of hydrogen-bond donors (Lipinski definition) is 1. The molecular formula is C24H28N6S. The first-order valence-electron chi connectivity index (χ1n) is 10.8. The highest BCUT2D eigenvalue weighted by atomic mass is 32.1. The van der Waals surface area contributed by atoms with Crippen molar-refractivity contribution in [2.24, 2.45) is 7.05 Å². The molecule has 6 nitrogen and oxygen atoms in total. The Morgan fingerprint density at radius 2 is 1.90 bits per heavy atom. The van der Waals surface area contributed by atoms with Crippen LogP contribution in [0.1, 0.15) is 40.6 Å². The van der Waals surface area contributed by atoms with Crippen molar-refractivity contribution in [1.29, 1.82) is 0 Å². The van der Waals surface area contributed by atoms with Gasteiger partial charge in [-0.25, -0.2) is 9.97 Å². The number of benzene rings is 1. The van der Waals surface area contributed by atoms with Gasteiger partial charge in [-0.3, -0.25) is 9.88 Å². The van der Waals surface area contributed by atoms with Gasteiger partial charge in [0, 0.05) is 47.7 Å². The van der Waals surface area contributed by atoms with E-state index in [-0.39, 0.29) is 0 Å². The number of rotatable bonds is 5. The van der Waals surface area contributed by atoms with Crippen LogP contribution in [0.4, 0.5) is 10.9 Å². The fourth-order valence-electron chi connectivity index (χ4n) is 4.45. The maximum Gasteiger partial charge on any atom is 0.188 e. The zero-order valence-corrected chi connectivity index (χ0v) is 19.1. The highest BCUT2D eigenvalue weighted by Gasteiger charge is 2.23. The van der Waals surface area contributed by atoms with Gasteiger partial charge in [-0.2, -0.15) is 0 Å². The second-order valence-corrected chi connectivity index (χ2v) is 9.65. The lowest BCUT2D eigenvalue weighted by Gasteiger charge is -2.31. The summed E-state index contributed by atoms with van der Waals surface area (Å²) >= 11 is 1.66. The molecule has 0 radical (unpaired) electrons. The van der Waals surface area contributed by atoms with Gasteiger partial charge in [0.2, 0.25) is 0 Å². The number of anilines is 2. The van der Waals surface area contributed by atoms with E-state index < -0.39 is 0 Å². The molecule has 1 aliphatic rings. The first-order chi connectivity index (χ1) is 15.1. The lowest BCUT2D eigenvalue weighted by Crippen LogP contribution is -2.32. The number of aromatic nitrogens is 4. The van der Waals surface area contributed by atoms with Crippen molar-refractivity contribution in [3.8, 4) is 0 Å². The average Bonchev–Trinajstić information content (AvgIpc) is 3.27. The van der Waals surface area contributed by atoms with E-state index in [4.69, 9.17) is 4.98 Å². The molecule has 0 saturated carbocycles. The van der Waals surface area contributed by atoms with E-state index in [2.05, 4.69) is 69.2 Å². The molecule has 160 valence electrons. The molecule has 1 aromatic carbocycles. The van der Waals surface area contributed by atoms with Crippen molar-refractivity contribution in [2.45, 2.75) is 39.2 Å². The molecule has 31 heavy (non-hydrogen) atoms. The van der Waals surface area contributed by atoms with E-state index >= 15 is 0 Å². The third-order valence-electron chi connectivity index (χ3n) is 6.30. The molecule has 1 saturated heterocycles. The van der Waals surface area contributed by atoms with Crippen molar-refractivity contribution in [3.05, 3.63) is 64.7 Å². The van der Waals surface area contributed by atoms with E-state index in [1.807, 2.05) is 13.1 Å². The normalized spacial score (nSPS) is 15.6. The Kier molecular flexibility index (Phi) is 5.46. The van der Waals surface area contributed by atoms with Crippen LogP contribution in [0, 0.1) is 13.8 Å². The highest BCUT2D eigenvalue weighted by Crippen LogP contribution is 2.30. The SMILES string of the molecule is Cc1nc(Nc2cncc(C3CCN(Cc4cn(C)c5ccccc45)CC3)n2)sc1C. The van der Waals surface area contributed by atoms with Gasteiger partial charge in [0.15, 0.2) is 10.9 Å². The van der Waals surface area contributed by atoms with Gasteiger partial charge in [0.25, 0.3) is 0 Å². The molecule has 1 fully saturated rings. The summed E-state index contributed by atoms with van der Waals surface area (Å²) in [6.07, 6.45) is 8.20. The summed E-state index contributed by atoms with van der Waals surface area (Å²) in [7, 11) is 2.13. The predicted molar refractivity (Wildman–Crippen MR) is 127 cm³/mol. The molecule has 7 heteroatoms. The number of hydrogen-bond acceptors (Lipinski definition) is 6. The zero-order chi connectivity index (χ0) is 21.4. The van der Waals surface area contributed by atoms with Gasteiger partial charge in [-0.05, 0) is 51.4 Å². The smallest absolute Gasteiger partial charge is 0.188 e. The Morgan fingerprint density at radius 1 is 1.10 bits per heavy atom. The quantitative estimate of drug-likeness (QED) is 0.472. The van der Waals surface area contributed by atoms with Crippen LogP contribution in [0.25, 0.3) is 10.9 Å². The Labute approximate surface area is 187 Å². The average molecular weight is 433 g/mol. The molecule has 0 unspecified atom stereocenters. The summed E-state index contributed by atoms with van der Waals surface area (Å²) in [6, 6.07) is 8.67. The maximum atomic E-state index is 4.86. The Bertz CT molecular complexity index is 1180. The number of aryl methyl sites for hydroxylation is 3. The molecule has 5 rings (SSSR count). The largest absolute Gasteiger partial charge is 0.350 e. The molecule has 1 aliphatic heterocycles. The number of nitrogens with one attached hydrogen (secondary N) is 1. The van der Waals surface area contributed by atoms with Gasteiger partial charge in [0.05, 0.1) is 17.6 Å². The molecule has 4 aromatic rings. The van der Waals surface area contributed by atoms with E-state index in [1.54, 1.807) is 17.5 Å². The molecule has 0 amide bonds. The summed E-state index contributed by atoms with van der Waals surface area (Å²) in [5.41, 5.74) is 4.86. The van der Waals surface area contributed by atoms with E-state index in [1.165, 1.54) is 21.3 Å². The molecule has 4 heterocycles. The maximum absolute atomic E-state index is 4.86. The molecule has 3 aromatic heterocycles. The van der Waals surface area contributed by atoms with Gasteiger partial charge in [-0.15, -0.1) is 11.3 Å². The molecule has 1 N–H and O–H groups in total. The first-order valence-corrected chi connectivity index (χ1v) is 11.7. The standard InChI is InChI=1S/C24H28N6S/c1-16-17(2)31-24(26-16)28-23-13-25-12-21(27-23)18-8-10-30(11-9-18)15-19-14-29(3)22-7-5-4-6-20(19)22/h4-7,12-14,18H,8-11,15H2,1-3H3,(H,26,27,28). The Balaban J connectivity index is 1.23.